The summed E-state index contributed by atoms with van der Waals surface area (Å²) < 4.78 is 37.6. The van der Waals surface area contributed by atoms with Crippen molar-refractivity contribution >= 4 is 11.4 Å². The van der Waals surface area contributed by atoms with E-state index in [4.69, 9.17) is 5.73 Å². The Morgan fingerprint density at radius 2 is 1.61 bits per heavy atom. The SMILES string of the molecule is Nc1cc(C(F)(F)F)ccc1N1CCCCCC1. The second-order valence-corrected chi connectivity index (χ2v) is 4.67. The normalized spacial score (nSPS) is 17.6. The van der Waals surface area contributed by atoms with Crippen LogP contribution in [0.15, 0.2) is 18.2 Å². The van der Waals surface area contributed by atoms with Crippen LogP contribution in [0.1, 0.15) is 31.2 Å². The number of rotatable bonds is 1. The van der Waals surface area contributed by atoms with E-state index in [1.165, 1.54) is 18.9 Å². The van der Waals surface area contributed by atoms with E-state index in [-0.39, 0.29) is 5.69 Å². The predicted molar refractivity (Wildman–Crippen MR) is 66.5 cm³/mol. The Bertz CT molecular complexity index is 407. The van der Waals surface area contributed by atoms with Gasteiger partial charge in [-0.25, -0.2) is 0 Å². The van der Waals surface area contributed by atoms with E-state index in [9.17, 15) is 13.2 Å². The first-order chi connectivity index (χ1) is 8.48. The third kappa shape index (κ3) is 2.89. The summed E-state index contributed by atoms with van der Waals surface area (Å²) in [5, 5.41) is 0. The van der Waals surface area contributed by atoms with Gasteiger partial charge < -0.3 is 10.6 Å². The topological polar surface area (TPSA) is 29.3 Å². The molecule has 0 aromatic heterocycles. The first-order valence-electron chi connectivity index (χ1n) is 6.20. The number of nitrogen functional groups attached to an aromatic ring is 1. The van der Waals surface area contributed by atoms with Crippen molar-refractivity contribution in [1.29, 1.82) is 0 Å². The number of hydrogen-bond acceptors (Lipinski definition) is 2. The van der Waals surface area contributed by atoms with Crippen LogP contribution < -0.4 is 10.6 Å². The zero-order chi connectivity index (χ0) is 13.2. The molecule has 0 saturated carbocycles. The van der Waals surface area contributed by atoms with Gasteiger partial charge in [-0.1, -0.05) is 12.8 Å². The van der Waals surface area contributed by atoms with E-state index in [1.807, 2.05) is 0 Å². The molecule has 0 spiro atoms. The fourth-order valence-electron chi connectivity index (χ4n) is 2.33. The van der Waals surface area contributed by atoms with Gasteiger partial charge in [0.25, 0.3) is 0 Å². The fraction of sp³-hybridized carbons (Fsp3) is 0.538. The van der Waals surface area contributed by atoms with Gasteiger partial charge in [0.1, 0.15) is 0 Å². The van der Waals surface area contributed by atoms with E-state index >= 15 is 0 Å². The summed E-state index contributed by atoms with van der Waals surface area (Å²) in [5.41, 5.74) is 6.02. The average Bonchev–Trinajstić information content (AvgIpc) is 2.56. The van der Waals surface area contributed by atoms with Crippen molar-refractivity contribution in [3.8, 4) is 0 Å². The van der Waals surface area contributed by atoms with Gasteiger partial charge in [-0.3, -0.25) is 0 Å². The lowest BCUT2D eigenvalue weighted by Crippen LogP contribution is -2.25. The van der Waals surface area contributed by atoms with Crippen molar-refractivity contribution in [2.45, 2.75) is 31.9 Å². The van der Waals surface area contributed by atoms with Crippen LogP contribution in [0.25, 0.3) is 0 Å². The van der Waals surface area contributed by atoms with Gasteiger partial charge in [0.05, 0.1) is 16.9 Å². The highest BCUT2D eigenvalue weighted by Crippen LogP contribution is 2.34. The van der Waals surface area contributed by atoms with Crippen LogP contribution in [-0.2, 0) is 6.18 Å². The van der Waals surface area contributed by atoms with Gasteiger partial charge in [0.2, 0.25) is 0 Å². The molecule has 1 heterocycles. The molecule has 0 atom stereocenters. The van der Waals surface area contributed by atoms with Crippen LogP contribution >= 0.6 is 0 Å². The van der Waals surface area contributed by atoms with Crippen molar-refractivity contribution in [2.75, 3.05) is 23.7 Å². The first-order valence-corrected chi connectivity index (χ1v) is 6.20. The maximum atomic E-state index is 12.5. The summed E-state index contributed by atoms with van der Waals surface area (Å²) in [6.45, 7) is 1.74. The van der Waals surface area contributed by atoms with Crippen LogP contribution in [0.5, 0.6) is 0 Å². The first kappa shape index (κ1) is 13.1. The second kappa shape index (κ2) is 5.08. The molecule has 5 heteroatoms. The van der Waals surface area contributed by atoms with E-state index in [1.54, 1.807) is 0 Å². The predicted octanol–water partition coefficient (Wildman–Crippen LogP) is 3.67. The molecule has 1 aliphatic heterocycles. The zero-order valence-electron chi connectivity index (χ0n) is 10.1. The van der Waals surface area contributed by atoms with Crippen molar-refractivity contribution in [3.63, 3.8) is 0 Å². The Morgan fingerprint density at radius 1 is 1.00 bits per heavy atom. The number of hydrogen-bond donors (Lipinski definition) is 1. The molecule has 18 heavy (non-hydrogen) atoms. The lowest BCUT2D eigenvalue weighted by Gasteiger charge is -2.24. The molecule has 1 fully saturated rings. The molecule has 2 nitrogen and oxygen atoms in total. The molecular formula is C13H17F3N2. The standard InChI is InChI=1S/C13H17F3N2/c14-13(15,16)10-5-6-12(11(17)9-10)18-7-3-1-2-4-8-18/h5-6,9H,1-4,7-8,17H2. The largest absolute Gasteiger partial charge is 0.416 e. The lowest BCUT2D eigenvalue weighted by molar-refractivity contribution is -0.137. The number of alkyl halides is 3. The highest BCUT2D eigenvalue weighted by atomic mass is 19.4. The van der Waals surface area contributed by atoms with Crippen LogP contribution in [0.2, 0.25) is 0 Å². The molecule has 1 aromatic carbocycles. The molecule has 1 saturated heterocycles. The second-order valence-electron chi connectivity index (χ2n) is 4.67. The molecule has 0 aliphatic carbocycles. The van der Waals surface area contributed by atoms with Crippen molar-refractivity contribution in [3.05, 3.63) is 23.8 Å². The summed E-state index contributed by atoms with van der Waals surface area (Å²) >= 11 is 0. The summed E-state index contributed by atoms with van der Waals surface area (Å²) in [6, 6.07) is 3.63. The summed E-state index contributed by atoms with van der Waals surface area (Å²) in [5.74, 6) is 0. The van der Waals surface area contributed by atoms with Gasteiger partial charge in [-0.05, 0) is 31.0 Å². The van der Waals surface area contributed by atoms with Gasteiger partial charge in [-0.15, -0.1) is 0 Å². The Kier molecular flexibility index (Phi) is 3.68. The zero-order valence-corrected chi connectivity index (χ0v) is 10.1. The molecule has 1 aliphatic rings. The van der Waals surface area contributed by atoms with Crippen LogP contribution in [0.3, 0.4) is 0 Å². The number of nitrogens with two attached hydrogens (primary N) is 1. The van der Waals surface area contributed by atoms with Crippen LogP contribution in [-0.4, -0.2) is 13.1 Å². The monoisotopic (exact) mass is 258 g/mol. The lowest BCUT2D eigenvalue weighted by atomic mass is 10.1. The maximum absolute atomic E-state index is 12.5. The maximum Gasteiger partial charge on any atom is 0.416 e. The summed E-state index contributed by atoms with van der Waals surface area (Å²) in [6.07, 6.45) is 0.167. The van der Waals surface area contributed by atoms with E-state index in [2.05, 4.69) is 4.90 Å². The van der Waals surface area contributed by atoms with Crippen LogP contribution in [0.4, 0.5) is 24.5 Å². The highest BCUT2D eigenvalue weighted by molar-refractivity contribution is 5.68. The van der Waals surface area contributed by atoms with E-state index in [0.717, 1.165) is 43.8 Å². The minimum atomic E-state index is -4.33. The van der Waals surface area contributed by atoms with Crippen molar-refractivity contribution in [1.82, 2.24) is 0 Å². The molecule has 0 amide bonds. The van der Waals surface area contributed by atoms with Gasteiger partial charge in [0.15, 0.2) is 0 Å². The number of benzene rings is 1. The van der Waals surface area contributed by atoms with E-state index < -0.39 is 11.7 Å². The van der Waals surface area contributed by atoms with Gasteiger partial charge in [0, 0.05) is 13.1 Å². The number of anilines is 2. The van der Waals surface area contributed by atoms with E-state index in [0.29, 0.717) is 0 Å². The fourth-order valence-corrected chi connectivity index (χ4v) is 2.33. The van der Waals surface area contributed by atoms with Crippen LogP contribution in [0, 0.1) is 0 Å². The minimum absolute atomic E-state index is 0.215. The Labute approximate surface area is 105 Å². The average molecular weight is 258 g/mol. The minimum Gasteiger partial charge on any atom is -0.397 e. The smallest absolute Gasteiger partial charge is 0.397 e. The Morgan fingerprint density at radius 3 is 2.11 bits per heavy atom. The molecule has 100 valence electrons. The third-order valence-corrected chi connectivity index (χ3v) is 3.30. The quantitative estimate of drug-likeness (QED) is 0.779. The molecule has 2 N–H and O–H groups in total. The molecule has 0 radical (unpaired) electrons. The Balaban J connectivity index is 2.23. The number of nitrogens with zero attached hydrogens (tertiary/aromatic N) is 1. The Hall–Kier alpha value is -1.39. The third-order valence-electron chi connectivity index (χ3n) is 3.30. The van der Waals surface area contributed by atoms with Gasteiger partial charge >= 0.3 is 6.18 Å². The molecule has 2 rings (SSSR count). The summed E-state index contributed by atoms with van der Waals surface area (Å²) in [7, 11) is 0. The molecule has 1 aromatic rings. The van der Waals surface area contributed by atoms with Crippen molar-refractivity contribution in [2.24, 2.45) is 0 Å². The van der Waals surface area contributed by atoms with Crippen molar-refractivity contribution < 1.29 is 13.2 Å². The molecular weight excluding hydrogens is 241 g/mol. The highest BCUT2D eigenvalue weighted by Gasteiger charge is 2.31. The number of halogens is 3. The molecule has 0 unspecified atom stereocenters. The summed E-state index contributed by atoms with van der Waals surface area (Å²) in [4.78, 5) is 2.09. The van der Waals surface area contributed by atoms with Gasteiger partial charge in [-0.2, -0.15) is 13.2 Å². The molecule has 0 bridgehead atoms.